The number of hydrogen-bond acceptors (Lipinski definition) is 0. The summed E-state index contributed by atoms with van der Waals surface area (Å²) >= 11 is 0. The SMILES string of the molecule is [Li+].[Li+].[c-]1cccc2ccc3ccc[c-]c3c12. The van der Waals surface area contributed by atoms with Crippen LogP contribution in [0.5, 0.6) is 0 Å². The summed E-state index contributed by atoms with van der Waals surface area (Å²) in [5, 5.41) is 4.76. The minimum Gasteiger partial charge on any atom is -0.219 e. The van der Waals surface area contributed by atoms with Gasteiger partial charge in [-0.2, -0.15) is 35.0 Å². The van der Waals surface area contributed by atoms with E-state index in [1.807, 2.05) is 24.3 Å². The molecule has 0 fully saturated rings. The maximum atomic E-state index is 3.26. The smallest absolute Gasteiger partial charge is 0.219 e. The molecule has 0 aliphatic carbocycles. The van der Waals surface area contributed by atoms with Gasteiger partial charge in [0.1, 0.15) is 0 Å². The molecule has 0 nitrogen and oxygen atoms in total. The monoisotopic (exact) mass is 190 g/mol. The predicted octanol–water partition coefficient (Wildman–Crippen LogP) is -2.40. The molecule has 0 aliphatic rings. The molecule has 3 aromatic rings. The Bertz CT molecular complexity index is 548. The molecule has 3 rings (SSSR count). The van der Waals surface area contributed by atoms with Crippen LogP contribution in [0.1, 0.15) is 0 Å². The number of rotatable bonds is 0. The van der Waals surface area contributed by atoms with Gasteiger partial charge in [0.2, 0.25) is 0 Å². The molecule has 3 aromatic carbocycles. The van der Waals surface area contributed by atoms with E-state index in [1.54, 1.807) is 0 Å². The normalized spacial score (nSPS) is 9.50. The molecule has 0 heterocycles. The summed E-state index contributed by atoms with van der Waals surface area (Å²) in [6.45, 7) is 0. The molecule has 16 heavy (non-hydrogen) atoms. The van der Waals surface area contributed by atoms with Gasteiger partial charge in [-0.05, 0) is 0 Å². The Hall–Kier alpha value is -0.625. The molecule has 0 saturated heterocycles. The topological polar surface area (TPSA) is 0 Å². The van der Waals surface area contributed by atoms with Gasteiger partial charge in [0.05, 0.1) is 0 Å². The average Bonchev–Trinajstić information content (AvgIpc) is 2.29. The molecule has 0 aromatic heterocycles. The number of benzene rings is 3. The van der Waals surface area contributed by atoms with Crippen LogP contribution in [-0.4, -0.2) is 0 Å². The van der Waals surface area contributed by atoms with Crippen molar-refractivity contribution in [3.8, 4) is 0 Å². The fraction of sp³-hybridized carbons (Fsp3) is 0. The van der Waals surface area contributed by atoms with Gasteiger partial charge in [0.15, 0.2) is 0 Å². The summed E-state index contributed by atoms with van der Waals surface area (Å²) in [5.74, 6) is 0. The molecule has 0 saturated carbocycles. The Morgan fingerprint density at radius 2 is 1.06 bits per heavy atom. The quantitative estimate of drug-likeness (QED) is 0.211. The Morgan fingerprint density at radius 1 is 0.625 bits per heavy atom. The summed E-state index contributed by atoms with van der Waals surface area (Å²) in [6.07, 6.45) is 0. The van der Waals surface area contributed by atoms with E-state index in [1.165, 1.54) is 10.8 Å². The van der Waals surface area contributed by atoms with Crippen LogP contribution in [0.15, 0.2) is 48.5 Å². The van der Waals surface area contributed by atoms with Gasteiger partial charge in [0.25, 0.3) is 0 Å². The van der Waals surface area contributed by atoms with Crippen LogP contribution in [0.2, 0.25) is 0 Å². The molecular formula is C14H8Li2. The van der Waals surface area contributed by atoms with Crippen LogP contribution in [0.4, 0.5) is 0 Å². The first-order valence-electron chi connectivity index (χ1n) is 4.65. The summed E-state index contributed by atoms with van der Waals surface area (Å²) in [4.78, 5) is 0. The van der Waals surface area contributed by atoms with Gasteiger partial charge in [-0.15, -0.1) is 36.4 Å². The molecule has 0 atom stereocenters. The Balaban J connectivity index is 0.000000640. The zero-order valence-corrected chi connectivity index (χ0v) is 9.62. The largest absolute Gasteiger partial charge is 1.00 e. The molecule has 0 bridgehead atoms. The van der Waals surface area contributed by atoms with Crippen molar-refractivity contribution in [1.29, 1.82) is 0 Å². The number of fused-ring (bicyclic) bond motifs is 3. The fourth-order valence-electron chi connectivity index (χ4n) is 1.79. The second-order valence-corrected chi connectivity index (χ2v) is 3.33. The van der Waals surface area contributed by atoms with Gasteiger partial charge in [0, 0.05) is 0 Å². The van der Waals surface area contributed by atoms with E-state index in [2.05, 4.69) is 36.4 Å². The third-order valence-corrected chi connectivity index (χ3v) is 2.47. The predicted molar refractivity (Wildman–Crippen MR) is 59.1 cm³/mol. The Morgan fingerprint density at radius 3 is 1.50 bits per heavy atom. The summed E-state index contributed by atoms with van der Waals surface area (Å²) < 4.78 is 0. The van der Waals surface area contributed by atoms with E-state index in [9.17, 15) is 0 Å². The molecule has 66 valence electrons. The van der Waals surface area contributed by atoms with Crippen molar-refractivity contribution in [3.63, 3.8) is 0 Å². The number of hydrogen-bond donors (Lipinski definition) is 0. The molecule has 0 N–H and O–H groups in total. The van der Waals surface area contributed by atoms with E-state index >= 15 is 0 Å². The summed E-state index contributed by atoms with van der Waals surface area (Å²) in [5.41, 5.74) is 0. The van der Waals surface area contributed by atoms with Crippen molar-refractivity contribution in [2.24, 2.45) is 0 Å². The van der Waals surface area contributed by atoms with Gasteiger partial charge < -0.3 is 0 Å². The zero-order valence-electron chi connectivity index (χ0n) is 9.62. The summed E-state index contributed by atoms with van der Waals surface area (Å²) in [7, 11) is 0. The van der Waals surface area contributed by atoms with Gasteiger partial charge in [-0.25, -0.2) is 10.8 Å². The van der Waals surface area contributed by atoms with Crippen molar-refractivity contribution in [2.45, 2.75) is 0 Å². The van der Waals surface area contributed by atoms with Crippen molar-refractivity contribution < 1.29 is 37.7 Å². The Kier molecular flexibility index (Phi) is 4.73. The van der Waals surface area contributed by atoms with E-state index in [0.717, 1.165) is 10.8 Å². The third kappa shape index (κ3) is 2.22. The van der Waals surface area contributed by atoms with Crippen molar-refractivity contribution in [3.05, 3.63) is 60.7 Å². The summed E-state index contributed by atoms with van der Waals surface area (Å²) in [6, 6.07) is 22.9. The van der Waals surface area contributed by atoms with Crippen LogP contribution < -0.4 is 37.7 Å². The van der Waals surface area contributed by atoms with Crippen LogP contribution in [0.25, 0.3) is 21.5 Å². The minimum absolute atomic E-state index is 0. The molecule has 0 aliphatic heterocycles. The Labute approximate surface area is 119 Å². The van der Waals surface area contributed by atoms with E-state index in [0.29, 0.717) is 0 Å². The standard InChI is InChI=1S/C14H8.2Li/c1-3-7-13-11(5-1)9-10-12-6-2-4-8-14(12)13;;/h1-6,9-10H;;/q-2;2*+1. The molecule has 0 radical (unpaired) electrons. The molecular weight excluding hydrogens is 182 g/mol. The van der Waals surface area contributed by atoms with E-state index < -0.39 is 0 Å². The van der Waals surface area contributed by atoms with Crippen LogP contribution in [0, 0.1) is 12.1 Å². The maximum absolute atomic E-state index is 3.26. The molecule has 2 heteroatoms. The van der Waals surface area contributed by atoms with Gasteiger partial charge in [-0.1, -0.05) is 0 Å². The van der Waals surface area contributed by atoms with Gasteiger partial charge in [-0.3, -0.25) is 0 Å². The fourth-order valence-corrected chi connectivity index (χ4v) is 1.79. The second kappa shape index (κ2) is 5.63. The van der Waals surface area contributed by atoms with E-state index in [4.69, 9.17) is 0 Å². The first kappa shape index (κ1) is 13.4. The first-order chi connectivity index (χ1) is 6.95. The molecule has 0 spiro atoms. The first-order valence-corrected chi connectivity index (χ1v) is 4.65. The van der Waals surface area contributed by atoms with E-state index in [-0.39, 0.29) is 37.7 Å². The van der Waals surface area contributed by atoms with Crippen molar-refractivity contribution in [2.75, 3.05) is 0 Å². The van der Waals surface area contributed by atoms with Crippen LogP contribution in [0.3, 0.4) is 0 Å². The molecule has 0 amide bonds. The second-order valence-electron chi connectivity index (χ2n) is 3.33. The van der Waals surface area contributed by atoms with Crippen molar-refractivity contribution >= 4 is 21.5 Å². The minimum atomic E-state index is 0. The maximum Gasteiger partial charge on any atom is 1.00 e. The van der Waals surface area contributed by atoms with Crippen LogP contribution in [-0.2, 0) is 0 Å². The average molecular weight is 190 g/mol. The van der Waals surface area contributed by atoms with Crippen LogP contribution >= 0.6 is 0 Å². The molecule has 0 unspecified atom stereocenters. The third-order valence-electron chi connectivity index (χ3n) is 2.47. The van der Waals surface area contributed by atoms with Crippen molar-refractivity contribution in [1.82, 2.24) is 0 Å². The zero-order chi connectivity index (χ0) is 9.38. The van der Waals surface area contributed by atoms with Gasteiger partial charge >= 0.3 is 37.7 Å².